The van der Waals surface area contributed by atoms with Crippen molar-refractivity contribution >= 4 is 0 Å². The Morgan fingerprint density at radius 3 is 2.63 bits per heavy atom. The minimum absolute atomic E-state index is 0.384. The van der Waals surface area contributed by atoms with Crippen molar-refractivity contribution in [2.24, 2.45) is 5.41 Å². The molecule has 0 spiro atoms. The van der Waals surface area contributed by atoms with Crippen LogP contribution in [0.25, 0.3) is 0 Å². The van der Waals surface area contributed by atoms with Crippen molar-refractivity contribution in [1.29, 1.82) is 0 Å². The second-order valence-corrected chi connectivity index (χ2v) is 7.17. The van der Waals surface area contributed by atoms with Gasteiger partial charge in [0.1, 0.15) is 0 Å². The number of nitrogens with zero attached hydrogens (tertiary/aromatic N) is 2. The average Bonchev–Trinajstić information content (AvgIpc) is 2.36. The summed E-state index contributed by atoms with van der Waals surface area (Å²) >= 11 is 0. The van der Waals surface area contributed by atoms with Crippen molar-refractivity contribution in [3.8, 4) is 0 Å². The Kier molecular flexibility index (Phi) is 6.78. The Morgan fingerprint density at radius 1 is 1.42 bits per heavy atom. The first-order chi connectivity index (χ1) is 8.86. The number of piperidine rings is 1. The van der Waals surface area contributed by atoms with Gasteiger partial charge in [0.2, 0.25) is 0 Å². The Bertz CT molecular complexity index is 254. The van der Waals surface area contributed by atoms with E-state index < -0.39 is 0 Å². The first-order valence-corrected chi connectivity index (χ1v) is 7.98. The van der Waals surface area contributed by atoms with Crippen LogP contribution in [0, 0.1) is 5.41 Å². The van der Waals surface area contributed by atoms with Crippen LogP contribution in [0.15, 0.2) is 0 Å². The molecule has 3 heteroatoms. The van der Waals surface area contributed by atoms with Gasteiger partial charge >= 0.3 is 0 Å². The Labute approximate surface area is 120 Å². The number of rotatable bonds is 7. The molecule has 0 saturated carbocycles. The molecule has 0 aliphatic carbocycles. The molecule has 19 heavy (non-hydrogen) atoms. The van der Waals surface area contributed by atoms with Crippen LogP contribution in [0.5, 0.6) is 0 Å². The first-order valence-electron chi connectivity index (χ1n) is 7.98. The molecule has 3 nitrogen and oxygen atoms in total. The van der Waals surface area contributed by atoms with E-state index >= 15 is 0 Å². The van der Waals surface area contributed by atoms with Gasteiger partial charge in [0.15, 0.2) is 0 Å². The second kappa shape index (κ2) is 7.61. The summed E-state index contributed by atoms with van der Waals surface area (Å²) in [5.74, 6) is 0. The maximum absolute atomic E-state index is 3.62. The summed E-state index contributed by atoms with van der Waals surface area (Å²) in [7, 11) is 4.56. The van der Waals surface area contributed by atoms with Crippen LogP contribution in [-0.4, -0.2) is 62.2 Å². The summed E-state index contributed by atoms with van der Waals surface area (Å²) in [6.45, 7) is 14.0. The Morgan fingerprint density at radius 2 is 2.11 bits per heavy atom. The van der Waals surface area contributed by atoms with E-state index in [1.165, 1.54) is 38.9 Å². The van der Waals surface area contributed by atoms with Gasteiger partial charge in [-0.2, -0.15) is 0 Å². The van der Waals surface area contributed by atoms with Gasteiger partial charge in [-0.3, -0.25) is 0 Å². The van der Waals surface area contributed by atoms with Gasteiger partial charge in [0, 0.05) is 31.7 Å². The number of hydrogen-bond acceptors (Lipinski definition) is 3. The SMILES string of the molecule is CCC(C)(CNC(C)C)CN(C)C1CCCN(C)C1. The van der Waals surface area contributed by atoms with E-state index in [4.69, 9.17) is 0 Å². The molecule has 0 aromatic carbocycles. The summed E-state index contributed by atoms with van der Waals surface area (Å²) in [6.07, 6.45) is 3.94. The van der Waals surface area contributed by atoms with Crippen LogP contribution in [0.4, 0.5) is 0 Å². The monoisotopic (exact) mass is 269 g/mol. The third-order valence-electron chi connectivity index (χ3n) is 4.64. The highest BCUT2D eigenvalue weighted by Gasteiger charge is 2.28. The topological polar surface area (TPSA) is 18.5 Å². The molecule has 0 aromatic heterocycles. The van der Waals surface area contributed by atoms with E-state index in [9.17, 15) is 0 Å². The number of hydrogen-bond donors (Lipinski definition) is 1. The fourth-order valence-corrected chi connectivity index (χ4v) is 2.97. The molecule has 1 N–H and O–H groups in total. The zero-order valence-corrected chi connectivity index (χ0v) is 14.0. The highest BCUT2D eigenvalue weighted by molar-refractivity contribution is 4.84. The molecule has 1 fully saturated rings. The number of likely N-dealkylation sites (tertiary alicyclic amines) is 1. The molecular weight excluding hydrogens is 234 g/mol. The highest BCUT2D eigenvalue weighted by atomic mass is 15.2. The summed E-state index contributed by atoms with van der Waals surface area (Å²) < 4.78 is 0. The fourth-order valence-electron chi connectivity index (χ4n) is 2.97. The van der Waals surface area contributed by atoms with Crippen molar-refractivity contribution in [1.82, 2.24) is 15.1 Å². The van der Waals surface area contributed by atoms with Crippen molar-refractivity contribution < 1.29 is 0 Å². The first kappa shape index (κ1) is 16.9. The van der Waals surface area contributed by atoms with Crippen molar-refractivity contribution in [2.75, 3.05) is 40.3 Å². The summed E-state index contributed by atoms with van der Waals surface area (Å²) in [4.78, 5) is 5.07. The molecule has 0 radical (unpaired) electrons. The summed E-state index contributed by atoms with van der Waals surface area (Å²) in [6, 6.07) is 1.32. The largest absolute Gasteiger partial charge is 0.314 e. The molecule has 1 aliphatic heterocycles. The zero-order chi connectivity index (χ0) is 14.5. The third-order valence-corrected chi connectivity index (χ3v) is 4.64. The minimum Gasteiger partial charge on any atom is -0.314 e. The second-order valence-electron chi connectivity index (χ2n) is 7.17. The van der Waals surface area contributed by atoms with Gasteiger partial charge in [-0.15, -0.1) is 0 Å². The molecular formula is C16H35N3. The molecule has 1 heterocycles. The van der Waals surface area contributed by atoms with E-state index in [1.807, 2.05) is 0 Å². The summed E-state index contributed by atoms with van der Waals surface area (Å²) in [5.41, 5.74) is 0.384. The van der Waals surface area contributed by atoms with Gasteiger partial charge in [0.05, 0.1) is 0 Å². The van der Waals surface area contributed by atoms with Crippen LogP contribution in [0.3, 0.4) is 0 Å². The van der Waals surface area contributed by atoms with Crippen molar-refractivity contribution in [2.45, 2.75) is 59.0 Å². The van der Waals surface area contributed by atoms with Crippen molar-refractivity contribution in [3.05, 3.63) is 0 Å². The number of likely N-dealkylation sites (N-methyl/N-ethyl adjacent to an activating group) is 2. The van der Waals surface area contributed by atoms with Crippen LogP contribution >= 0.6 is 0 Å². The normalized spacial score (nSPS) is 24.9. The van der Waals surface area contributed by atoms with Crippen molar-refractivity contribution in [3.63, 3.8) is 0 Å². The van der Waals surface area contributed by atoms with E-state index in [0.717, 1.165) is 12.6 Å². The van der Waals surface area contributed by atoms with Gasteiger partial charge in [-0.1, -0.05) is 27.7 Å². The maximum atomic E-state index is 3.62. The Hall–Kier alpha value is -0.120. The lowest BCUT2D eigenvalue weighted by Gasteiger charge is -2.41. The minimum atomic E-state index is 0.384. The molecule has 1 rings (SSSR count). The van der Waals surface area contributed by atoms with E-state index in [1.54, 1.807) is 0 Å². The maximum Gasteiger partial charge on any atom is 0.0220 e. The van der Waals surface area contributed by atoms with Gasteiger partial charge in [-0.05, 0) is 45.3 Å². The molecule has 114 valence electrons. The lowest BCUT2D eigenvalue weighted by Crippen LogP contribution is -2.50. The molecule has 0 aromatic rings. The molecule has 2 unspecified atom stereocenters. The van der Waals surface area contributed by atoms with Crippen LogP contribution in [0.1, 0.15) is 47.0 Å². The predicted molar refractivity (Wildman–Crippen MR) is 84.7 cm³/mol. The Balaban J connectivity index is 2.48. The molecule has 2 atom stereocenters. The predicted octanol–water partition coefficient (Wildman–Crippen LogP) is 2.43. The average molecular weight is 269 g/mol. The fraction of sp³-hybridized carbons (Fsp3) is 1.00. The van der Waals surface area contributed by atoms with Crippen LogP contribution < -0.4 is 5.32 Å². The van der Waals surface area contributed by atoms with Gasteiger partial charge in [0.25, 0.3) is 0 Å². The van der Waals surface area contributed by atoms with E-state index in [2.05, 4.69) is 56.9 Å². The van der Waals surface area contributed by atoms with E-state index in [0.29, 0.717) is 11.5 Å². The summed E-state index contributed by atoms with van der Waals surface area (Å²) in [5, 5.41) is 3.62. The van der Waals surface area contributed by atoms with Gasteiger partial charge < -0.3 is 15.1 Å². The molecule has 1 aliphatic rings. The van der Waals surface area contributed by atoms with Gasteiger partial charge in [-0.25, -0.2) is 0 Å². The standard InChI is InChI=1S/C16H35N3/c1-7-16(4,12-17-14(2)3)13-19(6)15-9-8-10-18(5)11-15/h14-15,17H,7-13H2,1-6H3. The molecule has 0 amide bonds. The number of nitrogens with one attached hydrogen (secondary N) is 1. The lowest BCUT2D eigenvalue weighted by molar-refractivity contribution is 0.0894. The smallest absolute Gasteiger partial charge is 0.0220 e. The van der Waals surface area contributed by atoms with Crippen LogP contribution in [0.2, 0.25) is 0 Å². The van der Waals surface area contributed by atoms with Crippen LogP contribution in [-0.2, 0) is 0 Å². The zero-order valence-electron chi connectivity index (χ0n) is 14.0. The highest BCUT2D eigenvalue weighted by Crippen LogP contribution is 2.24. The molecule has 1 saturated heterocycles. The van der Waals surface area contributed by atoms with E-state index in [-0.39, 0.29) is 0 Å². The molecule has 0 bridgehead atoms. The lowest BCUT2D eigenvalue weighted by atomic mass is 9.86. The quantitative estimate of drug-likeness (QED) is 0.766. The third kappa shape index (κ3) is 5.80.